The van der Waals surface area contributed by atoms with Crippen LogP contribution in [-0.2, 0) is 11.8 Å². The van der Waals surface area contributed by atoms with Gasteiger partial charge in [0.15, 0.2) is 0 Å². The number of nitrogens with one attached hydrogen (secondary N) is 2. The monoisotopic (exact) mass is 252 g/mol. The molecule has 0 fully saturated rings. The van der Waals surface area contributed by atoms with Crippen LogP contribution in [0.1, 0.15) is 38.9 Å². The lowest BCUT2D eigenvalue weighted by Crippen LogP contribution is -2.45. The molecule has 5 heteroatoms. The van der Waals surface area contributed by atoms with Gasteiger partial charge in [0.2, 0.25) is 5.91 Å². The van der Waals surface area contributed by atoms with E-state index in [9.17, 15) is 4.79 Å². The Balaban J connectivity index is 2.71. The summed E-state index contributed by atoms with van der Waals surface area (Å²) < 4.78 is 1.83. The van der Waals surface area contributed by atoms with Crippen molar-refractivity contribution < 1.29 is 4.79 Å². The fourth-order valence-corrected chi connectivity index (χ4v) is 2.09. The largest absolute Gasteiger partial charge is 0.358 e. The minimum absolute atomic E-state index is 0.0396. The molecule has 5 nitrogen and oxygen atoms in total. The van der Waals surface area contributed by atoms with E-state index in [1.54, 1.807) is 13.2 Å². The third-order valence-electron chi connectivity index (χ3n) is 3.02. The number of hydrogen-bond acceptors (Lipinski definition) is 3. The maximum absolute atomic E-state index is 11.8. The van der Waals surface area contributed by atoms with Crippen LogP contribution in [0.5, 0.6) is 0 Å². The molecule has 0 spiro atoms. The van der Waals surface area contributed by atoms with Gasteiger partial charge in [0.1, 0.15) is 0 Å². The molecule has 2 unspecified atom stereocenters. The lowest BCUT2D eigenvalue weighted by molar-refractivity contribution is -0.123. The highest BCUT2D eigenvalue weighted by Crippen LogP contribution is 2.14. The Hall–Kier alpha value is -1.36. The summed E-state index contributed by atoms with van der Waals surface area (Å²) in [5.41, 5.74) is 1.08. The molecule has 0 aromatic carbocycles. The van der Waals surface area contributed by atoms with Crippen molar-refractivity contribution in [1.29, 1.82) is 0 Å². The van der Waals surface area contributed by atoms with E-state index in [0.717, 1.165) is 12.1 Å². The van der Waals surface area contributed by atoms with E-state index in [1.807, 2.05) is 24.7 Å². The van der Waals surface area contributed by atoms with Gasteiger partial charge in [-0.1, -0.05) is 13.8 Å². The second kappa shape index (κ2) is 6.54. The number of aromatic nitrogens is 2. The maximum Gasteiger partial charge on any atom is 0.236 e. The molecular weight excluding hydrogens is 228 g/mol. The summed E-state index contributed by atoms with van der Waals surface area (Å²) in [6, 6.07) is 1.90. The van der Waals surface area contributed by atoms with Gasteiger partial charge >= 0.3 is 0 Å². The molecule has 0 aliphatic rings. The number of hydrogen-bond donors (Lipinski definition) is 2. The van der Waals surface area contributed by atoms with Crippen LogP contribution in [0.2, 0.25) is 0 Å². The van der Waals surface area contributed by atoms with Crippen LogP contribution in [0, 0.1) is 5.92 Å². The highest BCUT2D eigenvalue weighted by atomic mass is 16.2. The number of carbonyl (C=O) groups excluding carboxylic acids is 1. The smallest absolute Gasteiger partial charge is 0.236 e. The van der Waals surface area contributed by atoms with Crippen molar-refractivity contribution >= 4 is 5.91 Å². The lowest BCUT2D eigenvalue weighted by Gasteiger charge is -2.23. The predicted octanol–water partition coefficient (Wildman–Crippen LogP) is 1.23. The molecule has 0 aliphatic carbocycles. The van der Waals surface area contributed by atoms with Gasteiger partial charge in [0.05, 0.1) is 11.7 Å². The molecule has 0 saturated carbocycles. The van der Waals surface area contributed by atoms with Gasteiger partial charge < -0.3 is 5.32 Å². The highest BCUT2D eigenvalue weighted by Gasteiger charge is 2.22. The minimum Gasteiger partial charge on any atom is -0.358 e. The van der Waals surface area contributed by atoms with Crippen molar-refractivity contribution in [3.05, 3.63) is 18.0 Å². The summed E-state index contributed by atoms with van der Waals surface area (Å²) in [5, 5.41) is 10.2. The number of rotatable bonds is 6. The molecule has 1 amide bonds. The molecule has 1 aromatic rings. The molecule has 1 heterocycles. The second-order valence-corrected chi connectivity index (χ2v) is 5.06. The zero-order valence-corrected chi connectivity index (χ0v) is 11.9. The van der Waals surface area contributed by atoms with Crippen LogP contribution in [0.15, 0.2) is 12.3 Å². The van der Waals surface area contributed by atoms with Crippen molar-refractivity contribution in [2.75, 3.05) is 7.05 Å². The van der Waals surface area contributed by atoms with Gasteiger partial charge in [-0.25, -0.2) is 0 Å². The molecule has 0 saturated heterocycles. The Labute approximate surface area is 109 Å². The summed E-state index contributed by atoms with van der Waals surface area (Å²) in [6.07, 6.45) is 2.59. The van der Waals surface area contributed by atoms with Crippen molar-refractivity contribution in [3.8, 4) is 0 Å². The lowest BCUT2D eigenvalue weighted by atomic mass is 10.0. The average Bonchev–Trinajstić information content (AvgIpc) is 2.73. The maximum atomic E-state index is 11.8. The molecule has 0 bridgehead atoms. The second-order valence-electron chi connectivity index (χ2n) is 5.06. The number of amides is 1. The average molecular weight is 252 g/mol. The summed E-state index contributed by atoms with van der Waals surface area (Å²) in [7, 11) is 3.58. The summed E-state index contributed by atoms with van der Waals surface area (Å²) in [6.45, 7) is 6.28. The van der Waals surface area contributed by atoms with Crippen LogP contribution in [0.4, 0.5) is 0 Å². The first-order valence-electron chi connectivity index (χ1n) is 6.41. The molecule has 0 radical (unpaired) electrons. The molecule has 0 aliphatic heterocycles. The standard InChI is InChI=1S/C13H24N4O/c1-9(2)8-11(13(18)14-4)16-10(3)12-6-7-15-17(12)5/h6-7,9-11,16H,8H2,1-5H3,(H,14,18). The number of carbonyl (C=O) groups is 1. The van der Waals surface area contributed by atoms with Gasteiger partial charge in [0.25, 0.3) is 0 Å². The first-order valence-corrected chi connectivity index (χ1v) is 6.41. The van der Waals surface area contributed by atoms with Gasteiger partial charge in [-0.05, 0) is 25.3 Å². The SMILES string of the molecule is CNC(=O)C(CC(C)C)NC(C)c1ccnn1C. The summed E-state index contributed by atoms with van der Waals surface area (Å²) >= 11 is 0. The van der Waals surface area contributed by atoms with E-state index < -0.39 is 0 Å². The van der Waals surface area contributed by atoms with Crippen molar-refractivity contribution in [2.24, 2.45) is 13.0 Å². The van der Waals surface area contributed by atoms with E-state index in [0.29, 0.717) is 5.92 Å². The third kappa shape index (κ3) is 3.84. The molecule has 2 N–H and O–H groups in total. The van der Waals surface area contributed by atoms with Crippen LogP contribution in [0.25, 0.3) is 0 Å². The molecular formula is C13H24N4O. The van der Waals surface area contributed by atoms with Crippen LogP contribution in [0.3, 0.4) is 0 Å². The minimum atomic E-state index is -0.167. The molecule has 1 rings (SSSR count). The Morgan fingerprint density at radius 1 is 1.44 bits per heavy atom. The van der Waals surface area contributed by atoms with Gasteiger partial charge in [0, 0.05) is 26.3 Å². The van der Waals surface area contributed by atoms with E-state index in [4.69, 9.17) is 0 Å². The van der Waals surface area contributed by atoms with Crippen LogP contribution >= 0.6 is 0 Å². The van der Waals surface area contributed by atoms with Crippen molar-refractivity contribution in [3.63, 3.8) is 0 Å². The Morgan fingerprint density at radius 2 is 2.11 bits per heavy atom. The Kier molecular flexibility index (Phi) is 5.34. The predicted molar refractivity (Wildman–Crippen MR) is 72.1 cm³/mol. The molecule has 18 heavy (non-hydrogen) atoms. The van der Waals surface area contributed by atoms with Crippen LogP contribution in [-0.4, -0.2) is 28.8 Å². The van der Waals surface area contributed by atoms with E-state index in [1.165, 1.54) is 0 Å². The zero-order chi connectivity index (χ0) is 13.7. The molecule has 1 aromatic heterocycles. The fraction of sp³-hybridized carbons (Fsp3) is 0.692. The van der Waals surface area contributed by atoms with E-state index in [2.05, 4.69) is 29.6 Å². The number of likely N-dealkylation sites (N-methyl/N-ethyl adjacent to an activating group) is 1. The topological polar surface area (TPSA) is 59.0 Å². The van der Waals surface area contributed by atoms with Crippen molar-refractivity contribution in [2.45, 2.75) is 39.3 Å². The van der Waals surface area contributed by atoms with Gasteiger partial charge in [-0.3, -0.25) is 14.8 Å². The van der Waals surface area contributed by atoms with E-state index >= 15 is 0 Å². The number of nitrogens with zero attached hydrogens (tertiary/aromatic N) is 2. The van der Waals surface area contributed by atoms with Gasteiger partial charge in [-0.2, -0.15) is 5.10 Å². The Bertz CT molecular complexity index is 386. The molecule has 2 atom stereocenters. The highest BCUT2D eigenvalue weighted by molar-refractivity contribution is 5.81. The summed E-state index contributed by atoms with van der Waals surface area (Å²) in [4.78, 5) is 11.8. The quantitative estimate of drug-likeness (QED) is 0.800. The van der Waals surface area contributed by atoms with Crippen molar-refractivity contribution in [1.82, 2.24) is 20.4 Å². The molecule has 102 valence electrons. The fourth-order valence-electron chi connectivity index (χ4n) is 2.09. The third-order valence-corrected chi connectivity index (χ3v) is 3.02. The van der Waals surface area contributed by atoms with Crippen LogP contribution < -0.4 is 10.6 Å². The number of aryl methyl sites for hydroxylation is 1. The van der Waals surface area contributed by atoms with Gasteiger partial charge in [-0.15, -0.1) is 0 Å². The first kappa shape index (κ1) is 14.7. The summed E-state index contributed by atoms with van der Waals surface area (Å²) in [5.74, 6) is 0.510. The zero-order valence-electron chi connectivity index (χ0n) is 11.9. The Morgan fingerprint density at radius 3 is 2.56 bits per heavy atom. The van der Waals surface area contributed by atoms with E-state index in [-0.39, 0.29) is 18.0 Å². The first-order chi connectivity index (χ1) is 8.45. The normalized spacial score (nSPS) is 14.6.